The average Bonchev–Trinajstić information content (AvgIpc) is 2.62. The number of rotatable bonds is 7. The monoisotopic (exact) mass is 377 g/mol. The molecule has 6 nitrogen and oxygen atoms in total. The molecule has 0 saturated heterocycles. The largest absolute Gasteiger partial charge is 0.493 e. The fraction of sp³-hybridized carbons (Fsp3) is 0.263. The molecular weight excluding hydrogens is 358 g/mol. The molecule has 0 radical (unpaired) electrons. The van der Waals surface area contributed by atoms with E-state index in [0.717, 1.165) is 0 Å². The van der Waals surface area contributed by atoms with Crippen molar-refractivity contribution in [3.63, 3.8) is 0 Å². The topological polar surface area (TPSA) is 73.9 Å². The van der Waals surface area contributed by atoms with Crippen LogP contribution in [0, 0.1) is 0 Å². The molecule has 138 valence electrons. The number of hydrogen-bond acceptors (Lipinski definition) is 5. The number of carbonyl (C=O) groups is 2. The van der Waals surface area contributed by atoms with Crippen molar-refractivity contribution in [2.75, 3.05) is 19.0 Å². The van der Waals surface area contributed by atoms with Crippen molar-refractivity contribution in [2.24, 2.45) is 0 Å². The smallest absolute Gasteiger partial charge is 0.339 e. The van der Waals surface area contributed by atoms with E-state index in [1.54, 1.807) is 38.1 Å². The second kappa shape index (κ2) is 9.10. The number of nitrogens with one attached hydrogen (secondary N) is 1. The molecule has 0 saturated carbocycles. The summed E-state index contributed by atoms with van der Waals surface area (Å²) in [5.74, 6) is 0.126. The first-order valence-corrected chi connectivity index (χ1v) is 8.41. The number of anilines is 1. The summed E-state index contributed by atoms with van der Waals surface area (Å²) in [4.78, 5) is 24.1. The van der Waals surface area contributed by atoms with E-state index in [1.165, 1.54) is 19.2 Å². The van der Waals surface area contributed by atoms with Gasteiger partial charge in [0, 0.05) is 5.69 Å². The summed E-state index contributed by atoms with van der Waals surface area (Å²) >= 11 is 6.09. The zero-order chi connectivity index (χ0) is 19.1. The molecule has 0 fully saturated rings. The fourth-order valence-electron chi connectivity index (χ4n) is 2.17. The number of methoxy groups -OCH3 is 1. The van der Waals surface area contributed by atoms with E-state index in [1.807, 2.05) is 6.07 Å². The van der Waals surface area contributed by atoms with E-state index in [9.17, 15) is 9.59 Å². The highest BCUT2D eigenvalue weighted by Crippen LogP contribution is 2.27. The molecule has 2 rings (SSSR count). The molecule has 0 aliphatic heterocycles. The average molecular weight is 378 g/mol. The van der Waals surface area contributed by atoms with Crippen LogP contribution in [0.1, 0.15) is 24.2 Å². The van der Waals surface area contributed by atoms with Gasteiger partial charge in [-0.3, -0.25) is 4.79 Å². The summed E-state index contributed by atoms with van der Waals surface area (Å²) in [5.41, 5.74) is 0.688. The summed E-state index contributed by atoms with van der Waals surface area (Å²) in [5, 5.41) is 2.89. The molecule has 26 heavy (non-hydrogen) atoms. The summed E-state index contributed by atoms with van der Waals surface area (Å²) in [6, 6.07) is 11.6. The lowest BCUT2D eigenvalue weighted by Crippen LogP contribution is -2.30. The highest BCUT2D eigenvalue weighted by molar-refractivity contribution is 6.34. The van der Waals surface area contributed by atoms with E-state index >= 15 is 0 Å². The van der Waals surface area contributed by atoms with Gasteiger partial charge in [0.25, 0.3) is 5.91 Å². The zero-order valence-corrected chi connectivity index (χ0v) is 15.5. The Labute approximate surface area is 157 Å². The molecule has 2 aromatic carbocycles. The Balaban J connectivity index is 2.04. The normalized spacial score (nSPS) is 11.4. The van der Waals surface area contributed by atoms with Gasteiger partial charge >= 0.3 is 5.97 Å². The lowest BCUT2D eigenvalue weighted by Gasteiger charge is -2.17. The Hall–Kier alpha value is -2.73. The van der Waals surface area contributed by atoms with Gasteiger partial charge in [-0.25, -0.2) is 4.79 Å². The van der Waals surface area contributed by atoms with Gasteiger partial charge in [0.15, 0.2) is 17.6 Å². The van der Waals surface area contributed by atoms with Crippen molar-refractivity contribution in [2.45, 2.75) is 20.0 Å². The Morgan fingerprint density at radius 1 is 1.15 bits per heavy atom. The molecule has 0 aromatic heterocycles. The number of halogens is 1. The van der Waals surface area contributed by atoms with Crippen molar-refractivity contribution >= 4 is 29.2 Å². The minimum Gasteiger partial charge on any atom is -0.493 e. The Kier molecular flexibility index (Phi) is 6.86. The lowest BCUT2D eigenvalue weighted by atomic mass is 10.2. The van der Waals surface area contributed by atoms with Crippen LogP contribution in [0.3, 0.4) is 0 Å². The first kappa shape index (κ1) is 19.6. The summed E-state index contributed by atoms with van der Waals surface area (Å²) in [6.45, 7) is 3.59. The zero-order valence-electron chi connectivity index (χ0n) is 14.7. The van der Waals surface area contributed by atoms with E-state index in [4.69, 9.17) is 25.8 Å². The first-order chi connectivity index (χ1) is 12.5. The van der Waals surface area contributed by atoms with Gasteiger partial charge < -0.3 is 19.5 Å². The molecule has 7 heteroatoms. The molecule has 1 atom stereocenters. The summed E-state index contributed by atoms with van der Waals surface area (Å²) in [6.07, 6.45) is -0.769. The number of para-hydroxylation sites is 2. The predicted molar refractivity (Wildman–Crippen MR) is 99.1 cm³/mol. The molecule has 0 aliphatic rings. The SMILES string of the molecule is CCOC(=O)c1ccc(NC(=O)[C@@H](C)Oc2ccccc2OC)cc1Cl. The maximum Gasteiger partial charge on any atom is 0.339 e. The molecule has 0 heterocycles. The third-order valence-electron chi connectivity index (χ3n) is 3.47. The van der Waals surface area contributed by atoms with Crippen molar-refractivity contribution in [3.05, 3.63) is 53.1 Å². The highest BCUT2D eigenvalue weighted by atomic mass is 35.5. The Bertz CT molecular complexity index is 793. The Morgan fingerprint density at radius 3 is 2.46 bits per heavy atom. The van der Waals surface area contributed by atoms with E-state index in [0.29, 0.717) is 17.2 Å². The van der Waals surface area contributed by atoms with Crippen LogP contribution in [0.25, 0.3) is 0 Å². The van der Waals surface area contributed by atoms with E-state index < -0.39 is 12.1 Å². The van der Waals surface area contributed by atoms with Crippen molar-refractivity contribution in [1.82, 2.24) is 0 Å². The van der Waals surface area contributed by atoms with Crippen LogP contribution >= 0.6 is 11.6 Å². The van der Waals surface area contributed by atoms with Gasteiger partial charge in [-0.2, -0.15) is 0 Å². The lowest BCUT2D eigenvalue weighted by molar-refractivity contribution is -0.122. The van der Waals surface area contributed by atoms with Crippen LogP contribution < -0.4 is 14.8 Å². The van der Waals surface area contributed by atoms with Gasteiger partial charge in [0.2, 0.25) is 0 Å². The molecule has 1 N–H and O–H groups in total. The van der Waals surface area contributed by atoms with Crippen molar-refractivity contribution in [1.29, 1.82) is 0 Å². The van der Waals surface area contributed by atoms with Crippen LogP contribution in [-0.2, 0) is 9.53 Å². The van der Waals surface area contributed by atoms with Gasteiger partial charge in [0.1, 0.15) is 0 Å². The van der Waals surface area contributed by atoms with Gasteiger partial charge in [-0.15, -0.1) is 0 Å². The molecule has 2 aromatic rings. The van der Waals surface area contributed by atoms with Gasteiger partial charge in [0.05, 0.1) is 24.3 Å². The minimum atomic E-state index is -0.769. The second-order valence-corrected chi connectivity index (χ2v) is 5.72. The number of ether oxygens (including phenoxy) is 3. The molecule has 0 bridgehead atoms. The quantitative estimate of drug-likeness (QED) is 0.740. The second-order valence-electron chi connectivity index (χ2n) is 5.32. The van der Waals surface area contributed by atoms with Crippen molar-refractivity contribution in [3.8, 4) is 11.5 Å². The van der Waals surface area contributed by atoms with Crippen LogP contribution in [0.5, 0.6) is 11.5 Å². The van der Waals surface area contributed by atoms with E-state index in [-0.39, 0.29) is 23.1 Å². The fourth-order valence-corrected chi connectivity index (χ4v) is 2.43. The van der Waals surface area contributed by atoms with Gasteiger partial charge in [-0.1, -0.05) is 23.7 Å². The van der Waals surface area contributed by atoms with Crippen LogP contribution in [0.4, 0.5) is 5.69 Å². The third kappa shape index (κ3) is 4.89. The maximum atomic E-state index is 12.3. The van der Waals surface area contributed by atoms with E-state index in [2.05, 4.69) is 5.32 Å². The molecule has 1 amide bonds. The summed E-state index contributed by atoms with van der Waals surface area (Å²) < 4.78 is 15.8. The Morgan fingerprint density at radius 2 is 1.85 bits per heavy atom. The number of amides is 1. The number of carbonyl (C=O) groups excluding carboxylic acids is 2. The number of hydrogen-bond donors (Lipinski definition) is 1. The first-order valence-electron chi connectivity index (χ1n) is 8.03. The van der Waals surface area contributed by atoms with Crippen molar-refractivity contribution < 1.29 is 23.8 Å². The predicted octanol–water partition coefficient (Wildman–Crippen LogP) is 3.93. The standard InChI is InChI=1S/C19H20ClNO5/c1-4-25-19(23)14-10-9-13(11-15(14)20)21-18(22)12(2)26-17-8-6-5-7-16(17)24-3/h5-12H,4H2,1-3H3,(H,21,22)/t12-/m1/s1. The maximum absolute atomic E-state index is 12.3. The minimum absolute atomic E-state index is 0.194. The molecule has 0 unspecified atom stereocenters. The van der Waals surface area contributed by atoms with Crippen LogP contribution in [-0.4, -0.2) is 31.7 Å². The number of esters is 1. The number of benzene rings is 2. The highest BCUT2D eigenvalue weighted by Gasteiger charge is 2.18. The van der Waals surface area contributed by atoms with Crippen LogP contribution in [0.2, 0.25) is 5.02 Å². The molecule has 0 spiro atoms. The van der Waals surface area contributed by atoms with Gasteiger partial charge in [-0.05, 0) is 44.2 Å². The molecular formula is C19H20ClNO5. The van der Waals surface area contributed by atoms with Crippen LogP contribution in [0.15, 0.2) is 42.5 Å². The third-order valence-corrected chi connectivity index (χ3v) is 3.79. The molecule has 0 aliphatic carbocycles. The summed E-state index contributed by atoms with van der Waals surface area (Å²) in [7, 11) is 1.53.